The molecular formula is C22H29ClN5O+. The molecule has 0 radical (unpaired) electrons. The van der Waals surface area contributed by atoms with Gasteiger partial charge in [0, 0.05) is 22.1 Å². The Morgan fingerprint density at radius 1 is 1.17 bits per heavy atom. The van der Waals surface area contributed by atoms with Gasteiger partial charge in [-0.05, 0) is 17.7 Å². The molecule has 29 heavy (non-hydrogen) atoms. The number of anilines is 1. The van der Waals surface area contributed by atoms with Crippen LogP contribution in [0.5, 0.6) is 0 Å². The van der Waals surface area contributed by atoms with Crippen LogP contribution in [-0.2, 0) is 10.2 Å². The molecule has 2 aromatic heterocycles. The van der Waals surface area contributed by atoms with Crippen LogP contribution in [0.25, 0.3) is 16.8 Å². The lowest BCUT2D eigenvalue weighted by Crippen LogP contribution is -3.14. The number of quaternary nitrogens is 1. The third-order valence-corrected chi connectivity index (χ3v) is 5.63. The summed E-state index contributed by atoms with van der Waals surface area (Å²) in [4.78, 5) is 6.55. The number of nitrogens with zero attached hydrogens (tertiary/aromatic N) is 3. The molecule has 1 fully saturated rings. The Balaban J connectivity index is 1.66. The molecule has 2 N–H and O–H groups in total. The van der Waals surface area contributed by atoms with Gasteiger partial charge in [-0.25, -0.2) is 4.98 Å². The van der Waals surface area contributed by atoms with Crippen molar-refractivity contribution in [1.82, 2.24) is 14.6 Å². The highest BCUT2D eigenvalue weighted by molar-refractivity contribution is 6.30. The predicted octanol–water partition coefficient (Wildman–Crippen LogP) is 2.67. The molecule has 0 bridgehead atoms. The molecule has 6 nitrogen and oxygen atoms in total. The minimum absolute atomic E-state index is 0.0603. The van der Waals surface area contributed by atoms with Crippen molar-refractivity contribution in [3.8, 4) is 11.1 Å². The van der Waals surface area contributed by atoms with Gasteiger partial charge in [0.1, 0.15) is 18.9 Å². The molecule has 0 aliphatic carbocycles. The standard InChI is InChI=1S/C22H28ClN5O/c1-22(2,3)19-14-20(24-8-9-27-10-12-29-13-11-27)28-21(26-19)18(15-25-28)16-4-6-17(23)7-5-16/h4-7,14-15,24H,8-13H2,1-3H3/p+1. The molecule has 0 unspecified atom stereocenters. The lowest BCUT2D eigenvalue weighted by Gasteiger charge is -2.24. The van der Waals surface area contributed by atoms with Crippen LogP contribution in [0.4, 0.5) is 5.82 Å². The fourth-order valence-corrected chi connectivity index (χ4v) is 3.71. The Morgan fingerprint density at radius 2 is 1.90 bits per heavy atom. The number of nitrogens with one attached hydrogen (secondary N) is 2. The van der Waals surface area contributed by atoms with Gasteiger partial charge in [-0.3, -0.25) is 0 Å². The third kappa shape index (κ3) is 4.55. The minimum Gasteiger partial charge on any atom is -0.370 e. The van der Waals surface area contributed by atoms with Crippen molar-refractivity contribution < 1.29 is 9.64 Å². The van der Waals surface area contributed by atoms with Crippen LogP contribution in [0.2, 0.25) is 5.02 Å². The average molecular weight is 415 g/mol. The number of fused-ring (bicyclic) bond motifs is 1. The first-order chi connectivity index (χ1) is 13.9. The predicted molar refractivity (Wildman–Crippen MR) is 117 cm³/mol. The number of ether oxygens (including phenoxy) is 1. The highest BCUT2D eigenvalue weighted by Gasteiger charge is 2.21. The van der Waals surface area contributed by atoms with Crippen molar-refractivity contribution in [3.63, 3.8) is 0 Å². The minimum atomic E-state index is -0.0603. The SMILES string of the molecule is CC(C)(C)c1cc(NCC[NH+]2CCOCC2)n2ncc(-c3ccc(Cl)cc3)c2n1. The summed E-state index contributed by atoms with van der Waals surface area (Å²) in [6, 6.07) is 9.95. The highest BCUT2D eigenvalue weighted by atomic mass is 35.5. The van der Waals surface area contributed by atoms with Crippen LogP contribution >= 0.6 is 11.6 Å². The van der Waals surface area contributed by atoms with Gasteiger partial charge < -0.3 is 15.0 Å². The van der Waals surface area contributed by atoms with Crippen molar-refractivity contribution in [1.29, 1.82) is 0 Å². The van der Waals surface area contributed by atoms with Crippen molar-refractivity contribution in [2.24, 2.45) is 0 Å². The zero-order chi connectivity index (χ0) is 20.4. The van der Waals surface area contributed by atoms with Crippen LogP contribution < -0.4 is 10.2 Å². The van der Waals surface area contributed by atoms with Gasteiger partial charge in [0.2, 0.25) is 0 Å². The Kier molecular flexibility index (Phi) is 5.76. The summed E-state index contributed by atoms with van der Waals surface area (Å²) in [5.74, 6) is 0.979. The Bertz CT molecular complexity index is 971. The summed E-state index contributed by atoms with van der Waals surface area (Å²) in [5.41, 5.74) is 3.92. The summed E-state index contributed by atoms with van der Waals surface area (Å²) < 4.78 is 7.37. The molecule has 0 saturated carbocycles. The van der Waals surface area contributed by atoms with Crippen LogP contribution in [0.1, 0.15) is 26.5 Å². The molecule has 0 amide bonds. The molecule has 4 rings (SSSR count). The molecule has 0 atom stereocenters. The quantitative estimate of drug-likeness (QED) is 0.674. The van der Waals surface area contributed by atoms with Crippen molar-refractivity contribution in [2.75, 3.05) is 44.7 Å². The smallest absolute Gasteiger partial charge is 0.165 e. The van der Waals surface area contributed by atoms with Gasteiger partial charge in [-0.1, -0.05) is 44.5 Å². The molecule has 1 aliphatic heterocycles. The lowest BCUT2D eigenvalue weighted by molar-refractivity contribution is -0.906. The Morgan fingerprint density at radius 3 is 2.59 bits per heavy atom. The first-order valence-corrected chi connectivity index (χ1v) is 10.6. The molecule has 1 saturated heterocycles. The van der Waals surface area contributed by atoms with Crippen molar-refractivity contribution >= 4 is 23.1 Å². The van der Waals surface area contributed by atoms with E-state index in [2.05, 4.69) is 37.3 Å². The molecule has 0 spiro atoms. The zero-order valence-electron chi connectivity index (χ0n) is 17.3. The van der Waals surface area contributed by atoms with E-state index in [-0.39, 0.29) is 5.41 Å². The molecule has 3 aromatic rings. The second-order valence-electron chi connectivity index (χ2n) is 8.62. The molecule has 154 valence electrons. The van der Waals surface area contributed by atoms with Crippen LogP contribution in [0.15, 0.2) is 36.5 Å². The van der Waals surface area contributed by atoms with E-state index in [1.54, 1.807) is 4.90 Å². The van der Waals surface area contributed by atoms with E-state index in [0.717, 1.165) is 72.7 Å². The summed E-state index contributed by atoms with van der Waals surface area (Å²) in [5, 5.41) is 8.96. The second kappa shape index (κ2) is 8.30. The average Bonchev–Trinajstić information content (AvgIpc) is 3.13. The number of halogens is 1. The van der Waals surface area contributed by atoms with E-state index in [9.17, 15) is 0 Å². The highest BCUT2D eigenvalue weighted by Crippen LogP contribution is 2.30. The summed E-state index contributed by atoms with van der Waals surface area (Å²) in [7, 11) is 0. The summed E-state index contributed by atoms with van der Waals surface area (Å²) >= 11 is 6.07. The van der Waals surface area contributed by atoms with E-state index in [1.165, 1.54) is 0 Å². The van der Waals surface area contributed by atoms with E-state index < -0.39 is 0 Å². The van der Waals surface area contributed by atoms with E-state index in [4.69, 9.17) is 21.3 Å². The number of hydrogen-bond acceptors (Lipinski definition) is 4. The maximum absolute atomic E-state index is 6.07. The fraction of sp³-hybridized carbons (Fsp3) is 0.455. The van der Waals surface area contributed by atoms with Crippen LogP contribution in [-0.4, -0.2) is 54.0 Å². The number of hydrogen-bond donors (Lipinski definition) is 2. The van der Waals surface area contributed by atoms with Gasteiger partial charge in [0.25, 0.3) is 0 Å². The third-order valence-electron chi connectivity index (χ3n) is 5.38. The molecule has 7 heteroatoms. The van der Waals surface area contributed by atoms with Crippen molar-refractivity contribution in [3.05, 3.63) is 47.2 Å². The molecule has 1 aromatic carbocycles. The number of morpholine rings is 1. The van der Waals surface area contributed by atoms with Crippen LogP contribution in [0, 0.1) is 0 Å². The summed E-state index contributed by atoms with van der Waals surface area (Å²) in [6.07, 6.45) is 1.89. The van der Waals surface area contributed by atoms with Gasteiger partial charge in [0.05, 0.1) is 38.2 Å². The van der Waals surface area contributed by atoms with E-state index >= 15 is 0 Å². The summed E-state index contributed by atoms with van der Waals surface area (Å²) in [6.45, 7) is 12.4. The van der Waals surface area contributed by atoms with Crippen molar-refractivity contribution in [2.45, 2.75) is 26.2 Å². The Labute approximate surface area is 176 Å². The number of rotatable bonds is 5. The van der Waals surface area contributed by atoms with Crippen LogP contribution in [0.3, 0.4) is 0 Å². The maximum Gasteiger partial charge on any atom is 0.165 e. The largest absolute Gasteiger partial charge is 0.370 e. The van der Waals surface area contributed by atoms with Gasteiger partial charge in [-0.2, -0.15) is 9.61 Å². The Hall–Kier alpha value is -2.15. The van der Waals surface area contributed by atoms with Gasteiger partial charge >= 0.3 is 0 Å². The maximum atomic E-state index is 6.07. The zero-order valence-corrected chi connectivity index (χ0v) is 18.1. The normalized spacial score (nSPS) is 15.7. The molecule has 3 heterocycles. The molecular weight excluding hydrogens is 386 g/mol. The van der Waals surface area contributed by atoms with Gasteiger partial charge in [-0.15, -0.1) is 0 Å². The lowest BCUT2D eigenvalue weighted by atomic mass is 9.92. The monoisotopic (exact) mass is 414 g/mol. The second-order valence-corrected chi connectivity index (χ2v) is 9.05. The fourth-order valence-electron chi connectivity index (χ4n) is 3.58. The first kappa shape index (κ1) is 20.1. The van der Waals surface area contributed by atoms with E-state index in [0.29, 0.717) is 0 Å². The van der Waals surface area contributed by atoms with E-state index in [1.807, 2.05) is 35.0 Å². The van der Waals surface area contributed by atoms with Gasteiger partial charge in [0.15, 0.2) is 5.65 Å². The first-order valence-electron chi connectivity index (χ1n) is 10.2. The topological polar surface area (TPSA) is 55.9 Å². The molecule has 1 aliphatic rings. The number of aromatic nitrogens is 3. The number of benzene rings is 1.